The molecule has 1 aliphatic carbocycles. The average molecular weight is 341 g/mol. The Morgan fingerprint density at radius 1 is 1.12 bits per heavy atom. The predicted octanol–water partition coefficient (Wildman–Crippen LogP) is 2.19. The number of carbonyl (C=O) groups excluding carboxylic acids is 1. The maximum absolute atomic E-state index is 12.7. The maximum atomic E-state index is 12.7. The van der Waals surface area contributed by atoms with Gasteiger partial charge in [-0.05, 0) is 18.4 Å². The van der Waals surface area contributed by atoms with Gasteiger partial charge in [0.2, 0.25) is 5.91 Å². The van der Waals surface area contributed by atoms with Crippen molar-refractivity contribution in [3.63, 3.8) is 0 Å². The van der Waals surface area contributed by atoms with Crippen LogP contribution in [-0.2, 0) is 4.79 Å². The lowest BCUT2D eigenvalue weighted by molar-refractivity contribution is -0.151. The van der Waals surface area contributed by atoms with Crippen LogP contribution in [0, 0.1) is 0 Å². The van der Waals surface area contributed by atoms with E-state index < -0.39 is 18.8 Å². The lowest BCUT2D eigenvalue weighted by Crippen LogP contribution is -2.52. The minimum Gasteiger partial charge on any atom is -0.352 e. The van der Waals surface area contributed by atoms with Gasteiger partial charge in [-0.15, -0.1) is 0 Å². The maximum Gasteiger partial charge on any atom is 0.401 e. The Morgan fingerprint density at radius 3 is 2.29 bits per heavy atom. The lowest BCUT2D eigenvalue weighted by Gasteiger charge is -2.39. The molecule has 1 aromatic rings. The predicted molar refractivity (Wildman–Crippen MR) is 84.4 cm³/mol. The van der Waals surface area contributed by atoms with Crippen molar-refractivity contribution in [2.24, 2.45) is 0 Å². The number of nitrogens with zero attached hydrogens (tertiary/aromatic N) is 2. The van der Waals surface area contributed by atoms with Crippen molar-refractivity contribution in [2.45, 2.75) is 31.1 Å². The van der Waals surface area contributed by atoms with Gasteiger partial charge in [-0.2, -0.15) is 13.2 Å². The van der Waals surface area contributed by atoms with Crippen LogP contribution in [0.2, 0.25) is 0 Å². The van der Waals surface area contributed by atoms with E-state index in [1.807, 2.05) is 35.2 Å². The van der Waals surface area contributed by atoms with E-state index in [-0.39, 0.29) is 11.9 Å². The molecule has 1 saturated heterocycles. The van der Waals surface area contributed by atoms with Crippen LogP contribution >= 0.6 is 0 Å². The molecule has 1 saturated carbocycles. The van der Waals surface area contributed by atoms with Crippen LogP contribution in [0.4, 0.5) is 13.2 Å². The van der Waals surface area contributed by atoms with Crippen LogP contribution in [-0.4, -0.2) is 60.6 Å². The molecule has 4 nitrogen and oxygen atoms in total. The third kappa shape index (κ3) is 4.70. The fourth-order valence-corrected chi connectivity index (χ4v) is 3.10. The molecule has 1 aromatic carbocycles. The first-order valence-electron chi connectivity index (χ1n) is 8.31. The monoisotopic (exact) mass is 341 g/mol. The fourth-order valence-electron chi connectivity index (χ4n) is 3.10. The van der Waals surface area contributed by atoms with E-state index in [4.69, 9.17) is 0 Å². The third-order valence-corrected chi connectivity index (χ3v) is 4.46. The standard InChI is InChI=1S/C17H22F3N3O/c18-17(19,20)12-22-8-10-23(11-9-22)15(13-4-2-1-3-5-13)16(24)21-14-6-7-14/h1-5,14-15H,6-12H2,(H,21,24)/t15-/m0/s1. The number of hydrogen-bond acceptors (Lipinski definition) is 3. The smallest absolute Gasteiger partial charge is 0.352 e. The molecule has 1 atom stereocenters. The molecule has 1 heterocycles. The Balaban J connectivity index is 1.66. The first-order chi connectivity index (χ1) is 11.4. The van der Waals surface area contributed by atoms with Crippen molar-refractivity contribution in [2.75, 3.05) is 32.7 Å². The molecule has 0 bridgehead atoms. The molecule has 7 heteroatoms. The molecule has 1 N–H and O–H groups in total. The van der Waals surface area contributed by atoms with E-state index >= 15 is 0 Å². The second kappa shape index (κ2) is 7.11. The van der Waals surface area contributed by atoms with Gasteiger partial charge >= 0.3 is 6.18 Å². The van der Waals surface area contributed by atoms with Gasteiger partial charge in [0.15, 0.2) is 0 Å². The summed E-state index contributed by atoms with van der Waals surface area (Å²) in [6.45, 7) is 0.658. The Bertz CT molecular complexity index is 552. The molecule has 0 spiro atoms. The summed E-state index contributed by atoms with van der Waals surface area (Å²) >= 11 is 0. The summed E-state index contributed by atoms with van der Waals surface area (Å²) in [5.74, 6) is -0.0482. The zero-order valence-electron chi connectivity index (χ0n) is 13.4. The number of amides is 1. The number of rotatable bonds is 5. The van der Waals surface area contributed by atoms with Gasteiger partial charge in [-0.25, -0.2) is 0 Å². The van der Waals surface area contributed by atoms with Crippen LogP contribution in [0.3, 0.4) is 0 Å². The summed E-state index contributed by atoms with van der Waals surface area (Å²) in [5.41, 5.74) is 0.889. The van der Waals surface area contributed by atoms with Crippen LogP contribution in [0.25, 0.3) is 0 Å². The molecule has 1 aliphatic heterocycles. The van der Waals surface area contributed by atoms with Crippen molar-refractivity contribution in [1.29, 1.82) is 0 Å². The SMILES string of the molecule is O=C(NC1CC1)[C@H](c1ccccc1)N1CCN(CC(F)(F)F)CC1. The molecular weight excluding hydrogens is 319 g/mol. The molecule has 132 valence electrons. The fraction of sp³-hybridized carbons (Fsp3) is 0.588. The van der Waals surface area contributed by atoms with Gasteiger partial charge in [0.1, 0.15) is 6.04 Å². The molecule has 0 radical (unpaired) electrons. The summed E-state index contributed by atoms with van der Waals surface area (Å²) in [7, 11) is 0. The van der Waals surface area contributed by atoms with Crippen LogP contribution < -0.4 is 5.32 Å². The highest BCUT2D eigenvalue weighted by molar-refractivity contribution is 5.83. The lowest BCUT2D eigenvalue weighted by atomic mass is 10.0. The van der Waals surface area contributed by atoms with Crippen molar-refractivity contribution >= 4 is 5.91 Å². The number of hydrogen-bond donors (Lipinski definition) is 1. The zero-order valence-corrected chi connectivity index (χ0v) is 13.4. The number of halogens is 3. The molecule has 24 heavy (non-hydrogen) atoms. The summed E-state index contributed by atoms with van der Waals surface area (Å²) in [5, 5.41) is 3.02. The summed E-state index contributed by atoms with van der Waals surface area (Å²) in [6.07, 6.45) is -2.16. The highest BCUT2D eigenvalue weighted by Gasteiger charge is 2.36. The van der Waals surface area contributed by atoms with Crippen LogP contribution in [0.1, 0.15) is 24.4 Å². The molecule has 3 rings (SSSR count). The van der Waals surface area contributed by atoms with Crippen LogP contribution in [0.5, 0.6) is 0 Å². The summed E-state index contributed by atoms with van der Waals surface area (Å²) in [4.78, 5) is 16.0. The second-order valence-electron chi connectivity index (χ2n) is 6.52. The average Bonchev–Trinajstić information content (AvgIpc) is 3.33. The largest absolute Gasteiger partial charge is 0.401 e. The first-order valence-corrected chi connectivity index (χ1v) is 8.31. The van der Waals surface area contributed by atoms with Gasteiger partial charge in [0.25, 0.3) is 0 Å². The zero-order chi connectivity index (χ0) is 17.2. The summed E-state index contributed by atoms with van der Waals surface area (Å²) in [6, 6.07) is 9.29. The third-order valence-electron chi connectivity index (χ3n) is 4.46. The molecule has 2 fully saturated rings. The molecule has 2 aliphatic rings. The van der Waals surface area contributed by atoms with E-state index in [1.165, 1.54) is 4.90 Å². The van der Waals surface area contributed by atoms with Gasteiger partial charge in [0.05, 0.1) is 6.54 Å². The Hall–Kier alpha value is -1.60. The minimum atomic E-state index is -4.18. The summed E-state index contributed by atoms with van der Waals surface area (Å²) < 4.78 is 37.6. The van der Waals surface area contributed by atoms with Gasteiger partial charge in [-0.1, -0.05) is 30.3 Å². The van der Waals surface area contributed by atoms with Crippen LogP contribution in [0.15, 0.2) is 30.3 Å². The van der Waals surface area contributed by atoms with Crippen molar-refractivity contribution in [3.05, 3.63) is 35.9 Å². The molecule has 1 amide bonds. The Kier molecular flexibility index (Phi) is 5.10. The van der Waals surface area contributed by atoms with E-state index in [2.05, 4.69) is 5.32 Å². The number of benzene rings is 1. The number of nitrogens with one attached hydrogen (secondary N) is 1. The second-order valence-corrected chi connectivity index (χ2v) is 6.52. The molecule has 0 unspecified atom stereocenters. The molecular formula is C17H22F3N3O. The quantitative estimate of drug-likeness (QED) is 0.892. The van der Waals surface area contributed by atoms with Crippen molar-refractivity contribution < 1.29 is 18.0 Å². The highest BCUT2D eigenvalue weighted by Crippen LogP contribution is 2.26. The van der Waals surface area contributed by atoms with E-state index in [0.717, 1.165) is 18.4 Å². The minimum absolute atomic E-state index is 0.0482. The van der Waals surface area contributed by atoms with Gasteiger partial charge < -0.3 is 5.32 Å². The topological polar surface area (TPSA) is 35.6 Å². The normalized spacial score (nSPS) is 21.5. The van der Waals surface area contributed by atoms with Crippen molar-refractivity contribution in [3.8, 4) is 0 Å². The number of carbonyl (C=O) groups is 1. The van der Waals surface area contributed by atoms with Gasteiger partial charge in [0, 0.05) is 32.2 Å². The van der Waals surface area contributed by atoms with Gasteiger partial charge in [-0.3, -0.25) is 14.6 Å². The van der Waals surface area contributed by atoms with Crippen molar-refractivity contribution in [1.82, 2.24) is 15.1 Å². The highest BCUT2D eigenvalue weighted by atomic mass is 19.4. The Labute approximate surface area is 139 Å². The van der Waals surface area contributed by atoms with E-state index in [9.17, 15) is 18.0 Å². The van der Waals surface area contributed by atoms with E-state index in [0.29, 0.717) is 26.2 Å². The number of piperazine rings is 1. The number of alkyl halides is 3. The first kappa shape index (κ1) is 17.2. The Morgan fingerprint density at radius 2 is 1.75 bits per heavy atom. The van der Waals surface area contributed by atoms with E-state index in [1.54, 1.807) is 0 Å². The molecule has 0 aromatic heterocycles.